The second-order valence-corrected chi connectivity index (χ2v) is 3.85. The summed E-state index contributed by atoms with van der Waals surface area (Å²) in [5.74, 6) is 0. The van der Waals surface area contributed by atoms with E-state index in [4.69, 9.17) is 11.6 Å². The van der Waals surface area contributed by atoms with Crippen molar-refractivity contribution in [1.82, 2.24) is 9.97 Å². The first kappa shape index (κ1) is 9.86. The Hall–Kier alpha value is -0.680. The molecule has 2 rings (SSSR count). The molecule has 0 atom stereocenters. The zero-order valence-corrected chi connectivity index (χ0v) is 9.03. The first-order valence-electron chi connectivity index (χ1n) is 3.71. The highest BCUT2D eigenvalue weighted by Crippen LogP contribution is 2.31. The molecule has 0 fully saturated rings. The molecule has 0 bridgehead atoms. The van der Waals surface area contributed by atoms with Crippen LogP contribution in [0.25, 0.3) is 11.0 Å². The number of benzene rings is 1. The number of rotatable bonds is 1. The number of halogens is 4. The van der Waals surface area contributed by atoms with Crippen LogP contribution in [0.2, 0.25) is 5.02 Å². The Kier molecular flexibility index (Phi) is 2.45. The molecular formula is C8H4BrClF2N2. The van der Waals surface area contributed by atoms with Crippen LogP contribution in [-0.2, 0) is 0 Å². The summed E-state index contributed by atoms with van der Waals surface area (Å²) in [7, 11) is 0. The average molecular weight is 281 g/mol. The highest BCUT2D eigenvalue weighted by atomic mass is 79.9. The van der Waals surface area contributed by atoms with Crippen molar-refractivity contribution in [3.05, 3.63) is 27.5 Å². The van der Waals surface area contributed by atoms with Crippen LogP contribution in [0.1, 0.15) is 12.0 Å². The number of aromatic amines is 1. The summed E-state index contributed by atoms with van der Waals surface area (Å²) in [5, 5.41) is 0.377. The molecule has 6 heteroatoms. The maximum Gasteiger partial charge on any atom is 0.266 e. The lowest BCUT2D eigenvalue weighted by Gasteiger charge is -2.00. The molecule has 0 spiro atoms. The first-order chi connectivity index (χ1) is 6.59. The Bertz CT molecular complexity index is 483. The molecule has 0 amide bonds. The topological polar surface area (TPSA) is 28.7 Å². The van der Waals surface area contributed by atoms with Crippen LogP contribution in [0.15, 0.2) is 16.9 Å². The van der Waals surface area contributed by atoms with Crippen LogP contribution in [0.4, 0.5) is 8.78 Å². The fourth-order valence-electron chi connectivity index (χ4n) is 1.23. The molecule has 74 valence electrons. The van der Waals surface area contributed by atoms with Crippen LogP contribution >= 0.6 is 27.5 Å². The lowest BCUT2D eigenvalue weighted by molar-refractivity contribution is 0.153. The van der Waals surface area contributed by atoms with E-state index in [1.807, 2.05) is 0 Å². The first-order valence-corrected chi connectivity index (χ1v) is 4.88. The molecule has 0 saturated heterocycles. The van der Waals surface area contributed by atoms with Gasteiger partial charge in [0.25, 0.3) is 6.43 Å². The highest BCUT2D eigenvalue weighted by Gasteiger charge is 2.16. The molecule has 1 aromatic heterocycles. The molecule has 2 nitrogen and oxygen atoms in total. The number of imidazole rings is 1. The molecule has 2 aromatic rings. The monoisotopic (exact) mass is 280 g/mol. The largest absolute Gasteiger partial charge is 0.331 e. The minimum Gasteiger partial charge on any atom is -0.331 e. The van der Waals surface area contributed by atoms with Gasteiger partial charge in [-0.2, -0.15) is 0 Å². The summed E-state index contributed by atoms with van der Waals surface area (Å²) < 4.78 is 25.4. The lowest BCUT2D eigenvalue weighted by atomic mass is 10.2. The predicted molar refractivity (Wildman–Crippen MR) is 53.8 cm³/mol. The van der Waals surface area contributed by atoms with E-state index in [1.165, 1.54) is 12.1 Å². The van der Waals surface area contributed by atoms with Gasteiger partial charge in [0.1, 0.15) is 0 Å². The number of hydrogen-bond acceptors (Lipinski definition) is 1. The Morgan fingerprint density at radius 3 is 2.79 bits per heavy atom. The summed E-state index contributed by atoms with van der Waals surface area (Å²) in [6.07, 6.45) is -2.55. The number of alkyl halides is 2. The number of nitrogens with one attached hydrogen (secondary N) is 1. The van der Waals surface area contributed by atoms with Crippen LogP contribution in [0.5, 0.6) is 0 Å². The number of hydrogen-bond donors (Lipinski definition) is 1. The van der Waals surface area contributed by atoms with Gasteiger partial charge in [-0.15, -0.1) is 0 Å². The van der Waals surface area contributed by atoms with Crippen LogP contribution < -0.4 is 0 Å². The van der Waals surface area contributed by atoms with Gasteiger partial charge in [-0.1, -0.05) is 11.6 Å². The third-order valence-corrected chi connectivity index (χ3v) is 2.52. The molecule has 0 radical (unpaired) electrons. The summed E-state index contributed by atoms with van der Waals surface area (Å²) >= 11 is 8.88. The van der Waals surface area contributed by atoms with Gasteiger partial charge in [0.2, 0.25) is 0 Å². The Balaban J connectivity index is 2.81. The van der Waals surface area contributed by atoms with Crippen molar-refractivity contribution in [2.24, 2.45) is 0 Å². The molecule has 1 heterocycles. The van der Waals surface area contributed by atoms with E-state index in [0.29, 0.717) is 15.3 Å². The van der Waals surface area contributed by atoms with Crippen molar-refractivity contribution in [1.29, 1.82) is 0 Å². The van der Waals surface area contributed by atoms with Crippen LogP contribution in [-0.4, -0.2) is 9.97 Å². The van der Waals surface area contributed by atoms with E-state index in [0.717, 1.165) is 0 Å². The highest BCUT2D eigenvalue weighted by molar-refractivity contribution is 9.10. The molecule has 0 aliphatic carbocycles. The lowest BCUT2D eigenvalue weighted by Crippen LogP contribution is -1.86. The van der Waals surface area contributed by atoms with Crippen molar-refractivity contribution in [3.8, 4) is 0 Å². The van der Waals surface area contributed by atoms with Crippen molar-refractivity contribution in [3.63, 3.8) is 0 Å². The zero-order chi connectivity index (χ0) is 10.3. The molecule has 0 aliphatic heterocycles. The predicted octanol–water partition coefficient (Wildman–Crippen LogP) is 3.92. The second kappa shape index (κ2) is 3.47. The third-order valence-electron chi connectivity index (χ3n) is 1.83. The van der Waals surface area contributed by atoms with Crippen molar-refractivity contribution in [2.75, 3.05) is 0 Å². The van der Waals surface area contributed by atoms with Gasteiger partial charge in [0.15, 0.2) is 4.73 Å². The Morgan fingerprint density at radius 2 is 2.14 bits per heavy atom. The van der Waals surface area contributed by atoms with E-state index in [-0.39, 0.29) is 11.1 Å². The molecule has 0 saturated carbocycles. The Labute approximate surface area is 91.4 Å². The molecule has 0 unspecified atom stereocenters. The van der Waals surface area contributed by atoms with Gasteiger partial charge in [-0.25, -0.2) is 13.8 Å². The van der Waals surface area contributed by atoms with Crippen molar-refractivity contribution < 1.29 is 8.78 Å². The maximum atomic E-state index is 12.5. The Morgan fingerprint density at radius 1 is 1.43 bits per heavy atom. The fraction of sp³-hybridized carbons (Fsp3) is 0.125. The molecule has 0 aliphatic rings. The molecular weight excluding hydrogens is 277 g/mol. The van der Waals surface area contributed by atoms with Crippen LogP contribution in [0, 0.1) is 0 Å². The van der Waals surface area contributed by atoms with Gasteiger partial charge in [-0.05, 0) is 28.1 Å². The number of H-pyrrole nitrogens is 1. The van der Waals surface area contributed by atoms with Gasteiger partial charge in [0.05, 0.1) is 16.1 Å². The summed E-state index contributed by atoms with van der Waals surface area (Å²) in [6, 6.07) is 2.71. The van der Waals surface area contributed by atoms with Gasteiger partial charge < -0.3 is 4.98 Å². The molecule has 1 aromatic carbocycles. The third kappa shape index (κ3) is 1.50. The average Bonchev–Trinajstić information content (AvgIpc) is 2.47. The minimum atomic E-state index is -2.55. The number of nitrogens with zero attached hydrogens (tertiary/aromatic N) is 1. The zero-order valence-electron chi connectivity index (χ0n) is 6.69. The molecule has 1 N–H and O–H groups in total. The van der Waals surface area contributed by atoms with Crippen molar-refractivity contribution >= 4 is 38.6 Å². The minimum absolute atomic E-state index is 0.119. The normalized spacial score (nSPS) is 11.5. The smallest absolute Gasteiger partial charge is 0.266 e. The van der Waals surface area contributed by atoms with Gasteiger partial charge >= 0.3 is 0 Å². The van der Waals surface area contributed by atoms with Crippen molar-refractivity contribution in [2.45, 2.75) is 6.43 Å². The SMILES string of the molecule is FC(F)c1ccc(Cl)c2[nH]c(Br)nc12. The van der Waals surface area contributed by atoms with E-state index >= 15 is 0 Å². The van der Waals surface area contributed by atoms with Crippen LogP contribution in [0.3, 0.4) is 0 Å². The van der Waals surface area contributed by atoms with Gasteiger partial charge in [-0.3, -0.25) is 0 Å². The maximum absolute atomic E-state index is 12.5. The fourth-order valence-corrected chi connectivity index (χ4v) is 1.80. The second-order valence-electron chi connectivity index (χ2n) is 2.69. The summed E-state index contributed by atoms with van der Waals surface area (Å²) in [6.45, 7) is 0. The standard InChI is InChI=1S/C8H4BrClF2N2/c9-8-13-5-3(7(11)12)1-2-4(10)6(5)14-8/h1-2,7H,(H,13,14). The number of fused-ring (bicyclic) bond motifs is 1. The number of aromatic nitrogens is 2. The van der Waals surface area contributed by atoms with E-state index in [9.17, 15) is 8.78 Å². The molecule has 14 heavy (non-hydrogen) atoms. The summed E-state index contributed by atoms with van der Waals surface area (Å²) in [5.41, 5.74) is 0.516. The van der Waals surface area contributed by atoms with E-state index in [2.05, 4.69) is 25.9 Å². The van der Waals surface area contributed by atoms with E-state index in [1.54, 1.807) is 0 Å². The van der Waals surface area contributed by atoms with Gasteiger partial charge in [0, 0.05) is 5.56 Å². The quantitative estimate of drug-likeness (QED) is 0.843. The summed E-state index contributed by atoms with van der Waals surface area (Å²) in [4.78, 5) is 6.65. The van der Waals surface area contributed by atoms with E-state index < -0.39 is 6.43 Å².